The van der Waals surface area contributed by atoms with E-state index in [2.05, 4.69) is 10.2 Å². The number of halogens is 1. The molecule has 1 aliphatic rings. The largest absolute Gasteiger partial charge is 0.497 e. The molecule has 1 saturated heterocycles. The van der Waals surface area contributed by atoms with Gasteiger partial charge in [0.1, 0.15) is 29.7 Å². The maximum Gasteiger partial charge on any atom is 0.287 e. The Labute approximate surface area is 186 Å². The minimum Gasteiger partial charge on any atom is -0.497 e. The smallest absolute Gasteiger partial charge is 0.287 e. The molecule has 1 atom stereocenters. The first-order chi connectivity index (χ1) is 15.6. The predicted molar refractivity (Wildman–Crippen MR) is 118 cm³/mol. The second-order valence-corrected chi connectivity index (χ2v) is 7.75. The molecule has 6 nitrogen and oxygen atoms in total. The molecule has 0 aliphatic carbocycles. The number of hydrogen-bond acceptors (Lipinski definition) is 5. The summed E-state index contributed by atoms with van der Waals surface area (Å²) in [6.45, 7) is 2.66. The van der Waals surface area contributed by atoms with E-state index in [0.717, 1.165) is 37.2 Å². The average Bonchev–Trinajstić information content (AvgIpc) is 3.52. The van der Waals surface area contributed by atoms with Gasteiger partial charge in [0, 0.05) is 6.54 Å². The number of carbonyl (C=O) groups is 1. The first kappa shape index (κ1) is 21.9. The quantitative estimate of drug-likeness (QED) is 0.530. The minimum absolute atomic E-state index is 0.0867. The monoisotopic (exact) mass is 438 g/mol. The SMILES string of the molecule is COc1ccc(C(CNC(=O)c2ccc(COc3ccc(F)cc3)o2)N2CCCC2)cc1. The molecular formula is C25H27FN2O4. The van der Waals surface area contributed by atoms with Crippen molar-refractivity contribution < 1.29 is 23.1 Å². The number of amides is 1. The second-order valence-electron chi connectivity index (χ2n) is 7.75. The molecule has 1 amide bonds. The predicted octanol–water partition coefficient (Wildman–Crippen LogP) is 4.57. The molecule has 0 bridgehead atoms. The number of likely N-dealkylation sites (tertiary alicyclic amines) is 1. The summed E-state index contributed by atoms with van der Waals surface area (Å²) in [5.41, 5.74) is 1.14. The summed E-state index contributed by atoms with van der Waals surface area (Å²) in [4.78, 5) is 15.1. The number of nitrogens with one attached hydrogen (secondary N) is 1. The minimum atomic E-state index is -0.323. The van der Waals surface area contributed by atoms with Crippen molar-refractivity contribution in [2.45, 2.75) is 25.5 Å². The molecule has 2 aromatic carbocycles. The van der Waals surface area contributed by atoms with E-state index >= 15 is 0 Å². The molecular weight excluding hydrogens is 411 g/mol. The van der Waals surface area contributed by atoms with Gasteiger partial charge in [-0.1, -0.05) is 12.1 Å². The molecule has 1 fully saturated rings. The van der Waals surface area contributed by atoms with Gasteiger partial charge in [-0.2, -0.15) is 0 Å². The number of furan rings is 1. The molecule has 0 spiro atoms. The lowest BCUT2D eigenvalue weighted by Crippen LogP contribution is -2.36. The van der Waals surface area contributed by atoms with Crippen LogP contribution in [0.3, 0.4) is 0 Å². The van der Waals surface area contributed by atoms with Gasteiger partial charge in [0.25, 0.3) is 5.91 Å². The Morgan fingerprint density at radius 2 is 1.72 bits per heavy atom. The van der Waals surface area contributed by atoms with Gasteiger partial charge in [-0.25, -0.2) is 4.39 Å². The lowest BCUT2D eigenvalue weighted by atomic mass is 10.1. The Balaban J connectivity index is 1.35. The van der Waals surface area contributed by atoms with Crippen molar-refractivity contribution in [3.05, 3.63) is 83.6 Å². The topological polar surface area (TPSA) is 63.9 Å². The van der Waals surface area contributed by atoms with Crippen LogP contribution in [0, 0.1) is 5.82 Å². The molecule has 0 radical (unpaired) electrons. The summed E-state index contributed by atoms with van der Waals surface area (Å²) < 4.78 is 29.5. The molecule has 32 heavy (non-hydrogen) atoms. The number of carbonyl (C=O) groups excluding carboxylic acids is 1. The van der Waals surface area contributed by atoms with Crippen LogP contribution in [0.4, 0.5) is 4.39 Å². The van der Waals surface area contributed by atoms with Crippen LogP contribution in [0.2, 0.25) is 0 Å². The zero-order valence-electron chi connectivity index (χ0n) is 18.1. The van der Waals surface area contributed by atoms with E-state index in [1.165, 1.54) is 12.1 Å². The van der Waals surface area contributed by atoms with Crippen LogP contribution in [0.25, 0.3) is 0 Å². The van der Waals surface area contributed by atoms with Crippen molar-refractivity contribution in [2.75, 3.05) is 26.7 Å². The maximum absolute atomic E-state index is 13.0. The van der Waals surface area contributed by atoms with Gasteiger partial charge in [0.2, 0.25) is 0 Å². The lowest BCUT2D eigenvalue weighted by molar-refractivity contribution is 0.0906. The van der Waals surface area contributed by atoms with Gasteiger partial charge in [-0.15, -0.1) is 0 Å². The third-order valence-corrected chi connectivity index (χ3v) is 5.62. The van der Waals surface area contributed by atoms with Crippen molar-refractivity contribution in [2.24, 2.45) is 0 Å². The van der Waals surface area contributed by atoms with E-state index in [4.69, 9.17) is 13.9 Å². The van der Waals surface area contributed by atoms with Crippen LogP contribution in [0.1, 0.15) is 40.8 Å². The molecule has 7 heteroatoms. The van der Waals surface area contributed by atoms with Crippen LogP contribution in [0.5, 0.6) is 11.5 Å². The first-order valence-electron chi connectivity index (χ1n) is 10.8. The summed E-state index contributed by atoms with van der Waals surface area (Å²) in [5, 5.41) is 3.01. The fourth-order valence-corrected chi connectivity index (χ4v) is 3.88. The van der Waals surface area contributed by atoms with Gasteiger partial charge in [0.15, 0.2) is 5.76 Å². The number of methoxy groups -OCH3 is 1. The highest BCUT2D eigenvalue weighted by molar-refractivity contribution is 5.91. The Kier molecular flexibility index (Phi) is 7.07. The Morgan fingerprint density at radius 1 is 1.03 bits per heavy atom. The van der Waals surface area contributed by atoms with Crippen molar-refractivity contribution in [3.63, 3.8) is 0 Å². The van der Waals surface area contributed by atoms with Crippen molar-refractivity contribution in [1.29, 1.82) is 0 Å². The average molecular weight is 438 g/mol. The number of nitrogens with zero attached hydrogens (tertiary/aromatic N) is 1. The summed E-state index contributed by atoms with van der Waals surface area (Å²) in [5.74, 6) is 1.50. The van der Waals surface area contributed by atoms with E-state index in [-0.39, 0.29) is 30.1 Å². The summed E-state index contributed by atoms with van der Waals surface area (Å²) >= 11 is 0. The number of hydrogen-bond donors (Lipinski definition) is 1. The number of rotatable bonds is 9. The van der Waals surface area contributed by atoms with Gasteiger partial charge in [0.05, 0.1) is 13.2 Å². The molecule has 2 heterocycles. The molecule has 1 aliphatic heterocycles. The molecule has 3 aromatic rings. The van der Waals surface area contributed by atoms with E-state index in [1.807, 2.05) is 24.3 Å². The molecule has 4 rings (SSSR count). The maximum atomic E-state index is 13.0. The molecule has 1 aromatic heterocycles. The number of ether oxygens (including phenoxy) is 2. The van der Waals surface area contributed by atoms with Crippen LogP contribution >= 0.6 is 0 Å². The molecule has 168 valence electrons. The second kappa shape index (κ2) is 10.3. The van der Waals surface area contributed by atoms with Crippen molar-refractivity contribution in [1.82, 2.24) is 10.2 Å². The standard InChI is InChI=1S/C25H27FN2O4/c1-30-20-8-4-18(5-9-20)23(28-14-2-3-15-28)16-27-25(29)24-13-12-22(32-24)17-31-21-10-6-19(26)7-11-21/h4-13,23H,2-3,14-17H2,1H3,(H,27,29). The molecule has 1 unspecified atom stereocenters. The normalized spacial score (nSPS) is 14.8. The zero-order valence-corrected chi connectivity index (χ0v) is 18.1. The lowest BCUT2D eigenvalue weighted by Gasteiger charge is -2.28. The Hall–Kier alpha value is -3.32. The van der Waals surface area contributed by atoms with E-state index in [0.29, 0.717) is 18.1 Å². The fourth-order valence-electron chi connectivity index (χ4n) is 3.88. The highest BCUT2D eigenvalue weighted by Gasteiger charge is 2.24. The van der Waals surface area contributed by atoms with Crippen LogP contribution in [-0.4, -0.2) is 37.6 Å². The van der Waals surface area contributed by atoms with E-state index in [9.17, 15) is 9.18 Å². The van der Waals surface area contributed by atoms with Gasteiger partial charge in [-0.3, -0.25) is 9.69 Å². The van der Waals surface area contributed by atoms with E-state index in [1.54, 1.807) is 31.4 Å². The highest BCUT2D eigenvalue weighted by atomic mass is 19.1. The van der Waals surface area contributed by atoms with Gasteiger partial charge in [-0.05, 0) is 80.0 Å². The van der Waals surface area contributed by atoms with Crippen LogP contribution in [-0.2, 0) is 6.61 Å². The van der Waals surface area contributed by atoms with Gasteiger partial charge < -0.3 is 19.2 Å². The first-order valence-corrected chi connectivity index (χ1v) is 10.8. The molecule has 0 saturated carbocycles. The van der Waals surface area contributed by atoms with E-state index < -0.39 is 0 Å². The van der Waals surface area contributed by atoms with Crippen LogP contribution < -0.4 is 14.8 Å². The van der Waals surface area contributed by atoms with Crippen molar-refractivity contribution >= 4 is 5.91 Å². The summed E-state index contributed by atoms with van der Waals surface area (Å²) in [7, 11) is 1.65. The fraction of sp³-hybridized carbons (Fsp3) is 0.320. The third-order valence-electron chi connectivity index (χ3n) is 5.62. The summed E-state index contributed by atoms with van der Waals surface area (Å²) in [6.07, 6.45) is 2.33. The van der Waals surface area contributed by atoms with Crippen LogP contribution in [0.15, 0.2) is 65.1 Å². The van der Waals surface area contributed by atoms with Crippen molar-refractivity contribution in [3.8, 4) is 11.5 Å². The highest BCUT2D eigenvalue weighted by Crippen LogP contribution is 2.26. The van der Waals surface area contributed by atoms with Gasteiger partial charge >= 0.3 is 0 Å². The summed E-state index contributed by atoms with van der Waals surface area (Å²) in [6, 6.07) is 17.2. The number of benzene rings is 2. The zero-order chi connectivity index (χ0) is 22.3. The molecule has 1 N–H and O–H groups in total. The third kappa shape index (κ3) is 5.48. The Morgan fingerprint density at radius 3 is 2.41 bits per heavy atom. The Bertz CT molecular complexity index is 1010.